The lowest BCUT2D eigenvalue weighted by Crippen LogP contribution is -2.58. The summed E-state index contributed by atoms with van der Waals surface area (Å²) < 4.78 is 30.9. The van der Waals surface area contributed by atoms with Crippen LogP contribution in [0.25, 0.3) is 0 Å². The lowest BCUT2D eigenvalue weighted by Gasteiger charge is -2.43. The van der Waals surface area contributed by atoms with E-state index in [-0.39, 0.29) is 12.7 Å². The first-order chi connectivity index (χ1) is 14.4. The summed E-state index contributed by atoms with van der Waals surface area (Å²) in [4.78, 5) is 35.3. The largest absolute Gasteiger partial charge is 0.463 e. The molecule has 1 aliphatic carbocycles. The van der Waals surface area contributed by atoms with Crippen LogP contribution in [-0.4, -0.2) is 63.3 Å². The van der Waals surface area contributed by atoms with Crippen LogP contribution in [0.3, 0.4) is 0 Å². The van der Waals surface area contributed by atoms with E-state index in [1.807, 2.05) is 0 Å². The van der Waals surface area contributed by atoms with Crippen molar-refractivity contribution in [2.45, 2.75) is 77.5 Å². The van der Waals surface area contributed by atoms with Crippen LogP contribution in [0.1, 0.15) is 27.2 Å². The quantitative estimate of drug-likeness (QED) is 0.218. The Kier molecular flexibility index (Phi) is 7.34. The second-order valence-corrected chi connectivity index (χ2v) is 14.7. The summed E-state index contributed by atoms with van der Waals surface area (Å²) in [6.07, 6.45) is -2.67. The Hall–Kier alpha value is -1.24. The van der Waals surface area contributed by atoms with E-state index in [1.54, 1.807) is 0 Å². The van der Waals surface area contributed by atoms with Crippen LogP contribution in [0.15, 0.2) is 20.4 Å². The number of fused-ring (bicyclic) bond motifs is 3. The molecule has 0 aromatic rings. The van der Waals surface area contributed by atoms with E-state index >= 15 is 0 Å². The average Bonchev–Trinajstić information content (AvgIpc) is 3.15. The number of allylic oxidation sites excluding steroid dienone is 1. The fourth-order valence-corrected chi connectivity index (χ4v) is 7.97. The molecule has 0 unspecified atom stereocenters. The molecule has 2 aliphatic heterocycles. The molecule has 8 nitrogen and oxygen atoms in total. The second-order valence-electron chi connectivity index (χ2n) is 9.06. The highest BCUT2D eigenvalue weighted by Gasteiger charge is 2.59. The molecular formula is C21H29IO8Si. The van der Waals surface area contributed by atoms with Crippen LogP contribution in [0.5, 0.6) is 0 Å². The zero-order valence-electron chi connectivity index (χ0n) is 18.6. The van der Waals surface area contributed by atoms with Crippen molar-refractivity contribution in [3.63, 3.8) is 0 Å². The number of halogens is 1. The molecule has 0 amide bonds. The molecule has 172 valence electrons. The Balaban J connectivity index is 2.09. The van der Waals surface area contributed by atoms with Gasteiger partial charge in [0.2, 0.25) is 0 Å². The summed E-state index contributed by atoms with van der Waals surface area (Å²) in [6, 6.07) is 0. The number of rotatable bonds is 5. The van der Waals surface area contributed by atoms with Gasteiger partial charge in [-0.25, -0.2) is 0 Å². The van der Waals surface area contributed by atoms with E-state index in [0.717, 1.165) is 12.0 Å². The molecular weight excluding hydrogens is 535 g/mol. The first-order valence-corrected chi connectivity index (χ1v) is 15.0. The van der Waals surface area contributed by atoms with Crippen molar-refractivity contribution in [2.24, 2.45) is 5.92 Å². The van der Waals surface area contributed by atoms with Gasteiger partial charge in [0, 0.05) is 27.2 Å². The minimum atomic E-state index is -1.79. The van der Waals surface area contributed by atoms with Crippen molar-refractivity contribution in [3.8, 4) is 0 Å². The summed E-state index contributed by atoms with van der Waals surface area (Å²) in [7, 11) is -1.79. The third-order valence-electron chi connectivity index (χ3n) is 5.60. The number of carbonyl (C=O) groups excluding carboxylic acids is 3. The monoisotopic (exact) mass is 564 g/mol. The number of carbonyl (C=O) groups is 3. The van der Waals surface area contributed by atoms with E-state index in [2.05, 4.69) is 46.3 Å². The minimum Gasteiger partial charge on any atom is -0.463 e. The summed E-state index contributed by atoms with van der Waals surface area (Å²) in [6.45, 7) is 10.6. The third-order valence-corrected chi connectivity index (χ3v) is 8.46. The summed E-state index contributed by atoms with van der Waals surface area (Å²) >= 11 is 2.25. The molecule has 3 rings (SSSR count). The topological polar surface area (TPSA) is 97.4 Å². The van der Waals surface area contributed by atoms with Gasteiger partial charge in [-0.1, -0.05) is 47.4 Å². The van der Waals surface area contributed by atoms with E-state index in [1.165, 1.54) is 31.5 Å². The highest BCUT2D eigenvalue weighted by atomic mass is 127. The molecule has 6 atom stereocenters. The van der Waals surface area contributed by atoms with Crippen LogP contribution < -0.4 is 0 Å². The molecule has 2 heterocycles. The minimum absolute atomic E-state index is 0.138. The van der Waals surface area contributed by atoms with Gasteiger partial charge in [0.05, 0.1) is 20.1 Å². The normalized spacial score (nSPS) is 33.7. The maximum absolute atomic E-state index is 12.0. The smallest absolute Gasteiger partial charge is 0.303 e. The van der Waals surface area contributed by atoms with Gasteiger partial charge in [-0.05, 0) is 15.2 Å². The highest BCUT2D eigenvalue weighted by molar-refractivity contribution is 14.1. The van der Waals surface area contributed by atoms with Crippen molar-refractivity contribution in [3.05, 3.63) is 20.4 Å². The molecule has 0 aromatic heterocycles. The lowest BCUT2D eigenvalue weighted by atomic mass is 9.85. The van der Waals surface area contributed by atoms with E-state index in [9.17, 15) is 14.4 Å². The molecule has 0 bridgehead atoms. The van der Waals surface area contributed by atoms with Gasteiger partial charge in [0.25, 0.3) is 0 Å². The van der Waals surface area contributed by atoms with E-state index in [0.29, 0.717) is 0 Å². The van der Waals surface area contributed by atoms with Crippen molar-refractivity contribution < 1.29 is 38.1 Å². The summed E-state index contributed by atoms with van der Waals surface area (Å²) in [5.41, 5.74) is 2.33. The van der Waals surface area contributed by atoms with Gasteiger partial charge >= 0.3 is 17.9 Å². The van der Waals surface area contributed by atoms with Gasteiger partial charge in [0.1, 0.15) is 12.7 Å². The van der Waals surface area contributed by atoms with Gasteiger partial charge in [-0.2, -0.15) is 0 Å². The highest BCUT2D eigenvalue weighted by Crippen LogP contribution is 2.52. The number of hydrogen-bond donors (Lipinski definition) is 0. The van der Waals surface area contributed by atoms with Crippen molar-refractivity contribution in [1.82, 2.24) is 0 Å². The molecule has 2 fully saturated rings. The van der Waals surface area contributed by atoms with E-state index < -0.39 is 56.5 Å². The fraction of sp³-hybridized carbons (Fsp3) is 0.667. The zero-order valence-corrected chi connectivity index (χ0v) is 21.8. The van der Waals surface area contributed by atoms with E-state index in [4.69, 9.17) is 23.7 Å². The molecule has 0 N–H and O–H groups in total. The maximum Gasteiger partial charge on any atom is 0.303 e. The predicted octanol–water partition coefficient (Wildman–Crippen LogP) is 3.05. The zero-order chi connectivity index (χ0) is 23.1. The molecule has 31 heavy (non-hydrogen) atoms. The standard InChI is InChI=1S/C21H29IO8Si/c1-10(23)26-9-15-18(27-11(2)24)19(28-12(3)25)17-16-14(29-21(17)30-15)7-13(8-22)20(16)31(4,5)6/h8,14-15,17-19,21H,7,9H2,1-6H3/b13-8-/t14-,15+,17+,18+,19+,21-/m0/s1. The van der Waals surface area contributed by atoms with Crippen LogP contribution in [-0.2, 0) is 38.1 Å². The Morgan fingerprint density at radius 1 is 1.03 bits per heavy atom. The number of ether oxygens (including phenoxy) is 5. The molecule has 2 saturated heterocycles. The van der Waals surface area contributed by atoms with Crippen LogP contribution in [0.2, 0.25) is 19.6 Å². The Labute approximate surface area is 196 Å². The Morgan fingerprint density at radius 3 is 2.16 bits per heavy atom. The Bertz CT molecular complexity index is 830. The molecule has 0 aromatic carbocycles. The first-order valence-electron chi connectivity index (χ1n) is 10.3. The van der Waals surface area contributed by atoms with Gasteiger partial charge in [-0.3, -0.25) is 14.4 Å². The molecule has 0 spiro atoms. The van der Waals surface area contributed by atoms with Gasteiger partial charge < -0.3 is 23.7 Å². The fourth-order valence-electron chi connectivity index (χ4n) is 4.78. The SMILES string of the molecule is CC(=O)OC[C@H]1O[C@@H]2O[C@H]3C/C(=C/I)C([Si](C)(C)C)=C3[C@@H]2[C@@H](OC(C)=O)[C@@H]1OC(C)=O. The van der Waals surface area contributed by atoms with Crippen molar-refractivity contribution in [2.75, 3.05) is 6.61 Å². The van der Waals surface area contributed by atoms with Crippen molar-refractivity contribution in [1.29, 1.82) is 0 Å². The molecule has 3 aliphatic rings. The average molecular weight is 564 g/mol. The summed E-state index contributed by atoms with van der Waals surface area (Å²) in [5.74, 6) is -1.91. The lowest BCUT2D eigenvalue weighted by molar-refractivity contribution is -0.271. The second kappa shape index (κ2) is 9.32. The molecule has 10 heteroatoms. The van der Waals surface area contributed by atoms with Crippen LogP contribution in [0.4, 0.5) is 0 Å². The van der Waals surface area contributed by atoms with Crippen LogP contribution in [0, 0.1) is 5.92 Å². The summed E-state index contributed by atoms with van der Waals surface area (Å²) in [5, 5.41) is 1.29. The van der Waals surface area contributed by atoms with Gasteiger partial charge in [-0.15, -0.1) is 0 Å². The maximum atomic E-state index is 12.0. The first kappa shape index (κ1) is 24.4. The van der Waals surface area contributed by atoms with Crippen LogP contribution >= 0.6 is 22.6 Å². The Morgan fingerprint density at radius 2 is 1.65 bits per heavy atom. The molecule has 0 saturated carbocycles. The molecule has 0 radical (unpaired) electrons. The van der Waals surface area contributed by atoms with Gasteiger partial charge in [0.15, 0.2) is 18.5 Å². The predicted molar refractivity (Wildman–Crippen MR) is 122 cm³/mol. The number of hydrogen-bond acceptors (Lipinski definition) is 8. The number of esters is 3. The third kappa shape index (κ3) is 5.06. The van der Waals surface area contributed by atoms with Crippen molar-refractivity contribution >= 4 is 48.6 Å².